The van der Waals surface area contributed by atoms with Gasteiger partial charge in [0.15, 0.2) is 0 Å². The maximum Gasteiger partial charge on any atom is 0.259 e. The Morgan fingerprint density at radius 3 is 2.16 bits per heavy atom. The van der Waals surface area contributed by atoms with Crippen LogP contribution in [0.2, 0.25) is 0 Å². The van der Waals surface area contributed by atoms with Crippen LogP contribution in [0, 0.1) is 6.92 Å². The van der Waals surface area contributed by atoms with E-state index in [1.807, 2.05) is 47.4 Å². The second kappa shape index (κ2) is 10.3. The first kappa shape index (κ1) is 21.8. The fourth-order valence-corrected chi connectivity index (χ4v) is 4.14. The second-order valence-corrected chi connectivity index (χ2v) is 8.36. The number of anilines is 1. The Kier molecular flexibility index (Phi) is 7.00. The van der Waals surface area contributed by atoms with Crippen LogP contribution in [0.4, 0.5) is 5.69 Å². The standard InChI is InChI=1S/C28H31N3O/c1-3-4-19-30(21-24-16-9-6-10-17-24)28-29-25(20-23-14-7-5-8-15-23)27(32)31(28)26-18-12-11-13-22(26)2/h5-18,25H,3-4,19-21H2,1-2H3. The number of carbonyl (C=O) groups excluding carboxylic acids is 1. The molecule has 0 saturated carbocycles. The van der Waals surface area contributed by atoms with E-state index in [2.05, 4.69) is 61.2 Å². The van der Waals surface area contributed by atoms with Gasteiger partial charge in [-0.3, -0.25) is 4.79 Å². The molecule has 32 heavy (non-hydrogen) atoms. The van der Waals surface area contributed by atoms with Crippen molar-refractivity contribution < 1.29 is 4.79 Å². The first-order chi connectivity index (χ1) is 15.7. The van der Waals surface area contributed by atoms with Crippen LogP contribution in [0.3, 0.4) is 0 Å². The van der Waals surface area contributed by atoms with Gasteiger partial charge in [-0.05, 0) is 36.1 Å². The van der Waals surface area contributed by atoms with E-state index in [0.29, 0.717) is 6.42 Å². The van der Waals surface area contributed by atoms with Crippen molar-refractivity contribution in [2.24, 2.45) is 4.99 Å². The third kappa shape index (κ3) is 4.91. The number of amides is 1. The van der Waals surface area contributed by atoms with E-state index in [1.54, 1.807) is 0 Å². The van der Waals surface area contributed by atoms with Crippen LogP contribution in [0.5, 0.6) is 0 Å². The first-order valence-corrected chi connectivity index (χ1v) is 11.5. The highest BCUT2D eigenvalue weighted by atomic mass is 16.2. The van der Waals surface area contributed by atoms with Crippen molar-refractivity contribution in [1.29, 1.82) is 0 Å². The van der Waals surface area contributed by atoms with Gasteiger partial charge in [-0.15, -0.1) is 0 Å². The lowest BCUT2D eigenvalue weighted by molar-refractivity contribution is -0.118. The maximum absolute atomic E-state index is 13.7. The number of nitrogens with zero attached hydrogens (tertiary/aromatic N) is 3. The van der Waals surface area contributed by atoms with Crippen molar-refractivity contribution in [3.8, 4) is 0 Å². The number of aliphatic imine (C=N–C) groups is 1. The number of hydrogen-bond acceptors (Lipinski definition) is 3. The van der Waals surface area contributed by atoms with Gasteiger partial charge in [-0.1, -0.05) is 92.2 Å². The molecular weight excluding hydrogens is 394 g/mol. The summed E-state index contributed by atoms with van der Waals surface area (Å²) in [6.07, 6.45) is 2.74. The Hall–Kier alpha value is -3.40. The Balaban J connectivity index is 1.72. The molecule has 1 aliphatic heterocycles. The SMILES string of the molecule is CCCCN(Cc1ccccc1)C1=NC(Cc2ccccc2)C(=O)N1c1ccccc1C. The molecule has 3 aromatic rings. The molecule has 0 aliphatic carbocycles. The van der Waals surface area contributed by atoms with Crippen LogP contribution in [0.1, 0.15) is 36.5 Å². The van der Waals surface area contributed by atoms with Gasteiger partial charge in [0.1, 0.15) is 6.04 Å². The van der Waals surface area contributed by atoms with Crippen LogP contribution in [-0.2, 0) is 17.8 Å². The summed E-state index contributed by atoms with van der Waals surface area (Å²) in [5, 5.41) is 0. The zero-order valence-corrected chi connectivity index (χ0v) is 18.9. The van der Waals surface area contributed by atoms with Gasteiger partial charge in [0.25, 0.3) is 5.91 Å². The number of hydrogen-bond donors (Lipinski definition) is 0. The number of aryl methyl sites for hydroxylation is 1. The van der Waals surface area contributed by atoms with E-state index < -0.39 is 6.04 Å². The molecule has 4 rings (SSSR count). The van der Waals surface area contributed by atoms with Crippen LogP contribution in [0.15, 0.2) is 89.9 Å². The second-order valence-electron chi connectivity index (χ2n) is 8.36. The first-order valence-electron chi connectivity index (χ1n) is 11.5. The quantitative estimate of drug-likeness (QED) is 0.470. The average Bonchev–Trinajstić information content (AvgIpc) is 3.14. The van der Waals surface area contributed by atoms with E-state index in [0.717, 1.165) is 48.7 Å². The predicted octanol–water partition coefficient (Wildman–Crippen LogP) is 5.61. The number of carbonyl (C=O) groups is 1. The Morgan fingerprint density at radius 2 is 1.50 bits per heavy atom. The lowest BCUT2D eigenvalue weighted by atomic mass is 10.1. The number of para-hydroxylation sites is 1. The summed E-state index contributed by atoms with van der Waals surface area (Å²) in [6.45, 7) is 5.84. The van der Waals surface area contributed by atoms with Gasteiger partial charge in [-0.2, -0.15) is 0 Å². The Morgan fingerprint density at radius 1 is 0.875 bits per heavy atom. The van der Waals surface area contributed by atoms with Crippen molar-refractivity contribution in [3.63, 3.8) is 0 Å². The summed E-state index contributed by atoms with van der Waals surface area (Å²) in [5.74, 6) is 0.815. The van der Waals surface area contributed by atoms with Crippen molar-refractivity contribution in [3.05, 3.63) is 102 Å². The van der Waals surface area contributed by atoms with E-state index in [4.69, 9.17) is 4.99 Å². The summed E-state index contributed by atoms with van der Waals surface area (Å²) < 4.78 is 0. The Labute approximate surface area is 191 Å². The van der Waals surface area contributed by atoms with Gasteiger partial charge in [-0.25, -0.2) is 9.89 Å². The molecule has 0 spiro atoms. The summed E-state index contributed by atoms with van der Waals surface area (Å²) >= 11 is 0. The molecule has 1 amide bonds. The van der Waals surface area contributed by atoms with Crippen LogP contribution >= 0.6 is 0 Å². The van der Waals surface area contributed by atoms with Crippen molar-refractivity contribution in [2.75, 3.05) is 11.4 Å². The molecule has 3 aromatic carbocycles. The largest absolute Gasteiger partial charge is 0.338 e. The summed E-state index contributed by atoms with van der Waals surface area (Å²) in [7, 11) is 0. The summed E-state index contributed by atoms with van der Waals surface area (Å²) in [4.78, 5) is 22.8. The summed E-state index contributed by atoms with van der Waals surface area (Å²) in [5.41, 5.74) is 4.34. The van der Waals surface area contributed by atoms with E-state index in [1.165, 1.54) is 5.56 Å². The molecule has 0 fully saturated rings. The molecule has 1 atom stereocenters. The van der Waals surface area contributed by atoms with Crippen LogP contribution in [-0.4, -0.2) is 29.4 Å². The third-order valence-electron chi connectivity index (χ3n) is 5.89. The number of rotatable bonds is 8. The molecule has 4 nitrogen and oxygen atoms in total. The maximum atomic E-state index is 13.7. The zero-order chi connectivity index (χ0) is 22.3. The van der Waals surface area contributed by atoms with Gasteiger partial charge in [0.05, 0.1) is 5.69 Å². The molecule has 4 heteroatoms. The number of guanidine groups is 1. The monoisotopic (exact) mass is 425 g/mol. The lowest BCUT2D eigenvalue weighted by Gasteiger charge is -2.30. The van der Waals surface area contributed by atoms with Crippen LogP contribution < -0.4 is 4.90 Å². The molecule has 0 aromatic heterocycles. The van der Waals surface area contributed by atoms with Crippen LogP contribution in [0.25, 0.3) is 0 Å². The highest BCUT2D eigenvalue weighted by Crippen LogP contribution is 2.28. The van der Waals surface area contributed by atoms with Gasteiger partial charge < -0.3 is 4.90 Å². The molecule has 0 radical (unpaired) electrons. The fourth-order valence-electron chi connectivity index (χ4n) is 4.14. The summed E-state index contributed by atoms with van der Waals surface area (Å²) in [6, 6.07) is 28.3. The van der Waals surface area contributed by atoms with Gasteiger partial charge in [0.2, 0.25) is 5.96 Å². The highest BCUT2D eigenvalue weighted by molar-refractivity contribution is 6.22. The van der Waals surface area contributed by atoms with E-state index in [-0.39, 0.29) is 5.91 Å². The van der Waals surface area contributed by atoms with E-state index in [9.17, 15) is 4.79 Å². The lowest BCUT2D eigenvalue weighted by Crippen LogP contribution is -2.45. The minimum atomic E-state index is -0.410. The van der Waals surface area contributed by atoms with Crippen molar-refractivity contribution >= 4 is 17.6 Å². The predicted molar refractivity (Wildman–Crippen MR) is 132 cm³/mol. The van der Waals surface area contributed by atoms with Crippen molar-refractivity contribution in [1.82, 2.24) is 4.90 Å². The molecule has 1 aliphatic rings. The van der Waals surface area contributed by atoms with Gasteiger partial charge >= 0.3 is 0 Å². The minimum absolute atomic E-state index is 0.0488. The average molecular weight is 426 g/mol. The molecule has 0 N–H and O–H groups in total. The molecular formula is C28H31N3O. The normalized spacial score (nSPS) is 15.7. The smallest absolute Gasteiger partial charge is 0.259 e. The van der Waals surface area contributed by atoms with Crippen molar-refractivity contribution in [2.45, 2.75) is 45.7 Å². The topological polar surface area (TPSA) is 35.9 Å². The molecule has 164 valence electrons. The molecule has 1 heterocycles. The molecule has 0 bridgehead atoms. The minimum Gasteiger partial charge on any atom is -0.338 e. The fraction of sp³-hybridized carbons (Fsp3) is 0.286. The third-order valence-corrected chi connectivity index (χ3v) is 5.89. The Bertz CT molecular complexity index is 1060. The molecule has 0 saturated heterocycles. The highest BCUT2D eigenvalue weighted by Gasteiger charge is 2.38. The van der Waals surface area contributed by atoms with E-state index >= 15 is 0 Å². The zero-order valence-electron chi connectivity index (χ0n) is 18.9. The number of unbranched alkanes of at least 4 members (excludes halogenated alkanes) is 1. The van der Waals surface area contributed by atoms with Gasteiger partial charge in [0, 0.05) is 19.5 Å². The molecule has 1 unspecified atom stereocenters. The number of benzene rings is 3.